The first-order chi connectivity index (χ1) is 12.8. The maximum atomic E-state index is 12.4. The number of fused-ring (bicyclic) bond motifs is 1. The van der Waals surface area contributed by atoms with Gasteiger partial charge in [0.2, 0.25) is 5.91 Å². The number of carbonyl (C=O) groups excluding carboxylic acids is 1. The van der Waals surface area contributed by atoms with Crippen LogP contribution in [0.15, 0.2) is 34.1 Å². The van der Waals surface area contributed by atoms with Crippen molar-refractivity contribution < 1.29 is 4.79 Å². The quantitative estimate of drug-likeness (QED) is 0.697. The van der Waals surface area contributed by atoms with Crippen molar-refractivity contribution in [3.8, 4) is 0 Å². The molecule has 8 nitrogen and oxygen atoms in total. The first kappa shape index (κ1) is 18.9. The van der Waals surface area contributed by atoms with Crippen LogP contribution in [0.5, 0.6) is 0 Å². The summed E-state index contributed by atoms with van der Waals surface area (Å²) in [5.74, 6) is -0.247. The molecule has 142 valence electrons. The second kappa shape index (κ2) is 7.40. The molecule has 0 aliphatic carbocycles. The molecule has 0 saturated carbocycles. The molecule has 3 rings (SSSR count). The Kier molecular flexibility index (Phi) is 5.18. The van der Waals surface area contributed by atoms with Gasteiger partial charge in [-0.05, 0) is 30.5 Å². The van der Waals surface area contributed by atoms with Crippen LogP contribution in [0.1, 0.15) is 11.1 Å². The van der Waals surface area contributed by atoms with Crippen molar-refractivity contribution in [3.63, 3.8) is 0 Å². The number of rotatable bonds is 5. The molecule has 1 aromatic carbocycles. The zero-order chi connectivity index (χ0) is 19.7. The highest BCUT2D eigenvalue weighted by atomic mass is 35.5. The van der Waals surface area contributed by atoms with Gasteiger partial charge in [-0.3, -0.25) is 18.7 Å². The molecule has 1 amide bonds. The average Bonchev–Trinajstić information content (AvgIpc) is 3.04. The van der Waals surface area contributed by atoms with Crippen molar-refractivity contribution in [1.29, 1.82) is 0 Å². The maximum Gasteiger partial charge on any atom is 0.332 e. The highest BCUT2D eigenvalue weighted by molar-refractivity contribution is 6.31. The smallest absolute Gasteiger partial charge is 0.332 e. The molecule has 2 aromatic heterocycles. The fourth-order valence-corrected chi connectivity index (χ4v) is 3.07. The fraction of sp³-hybridized carbons (Fsp3) is 0.333. The minimum absolute atomic E-state index is 0.0569. The summed E-state index contributed by atoms with van der Waals surface area (Å²) in [5, 5.41) is 3.52. The number of hydrogen-bond donors (Lipinski definition) is 1. The number of carbonyl (C=O) groups is 1. The van der Waals surface area contributed by atoms with Crippen LogP contribution in [-0.4, -0.2) is 31.1 Å². The van der Waals surface area contributed by atoms with Gasteiger partial charge in [0.25, 0.3) is 5.56 Å². The number of nitrogens with zero attached hydrogens (tertiary/aromatic N) is 4. The summed E-state index contributed by atoms with van der Waals surface area (Å²) in [4.78, 5) is 40.7. The van der Waals surface area contributed by atoms with Gasteiger partial charge >= 0.3 is 5.69 Å². The summed E-state index contributed by atoms with van der Waals surface area (Å²) in [7, 11) is 2.93. The van der Waals surface area contributed by atoms with Gasteiger partial charge in [0.15, 0.2) is 11.2 Å². The Hall–Kier alpha value is -2.87. The van der Waals surface area contributed by atoms with Gasteiger partial charge in [-0.2, -0.15) is 0 Å². The number of imidazole rings is 1. The summed E-state index contributed by atoms with van der Waals surface area (Å²) in [5.41, 5.74) is 1.58. The highest BCUT2D eigenvalue weighted by Crippen LogP contribution is 2.16. The van der Waals surface area contributed by atoms with Crippen LogP contribution in [0.3, 0.4) is 0 Å². The topological polar surface area (TPSA) is 90.9 Å². The Morgan fingerprint density at radius 3 is 2.67 bits per heavy atom. The molecule has 2 heterocycles. The Labute approximate surface area is 160 Å². The molecule has 0 radical (unpaired) electrons. The lowest BCUT2D eigenvalue weighted by molar-refractivity contribution is -0.121. The van der Waals surface area contributed by atoms with Crippen molar-refractivity contribution in [1.82, 2.24) is 24.0 Å². The molecule has 0 unspecified atom stereocenters. The zero-order valence-electron chi connectivity index (χ0n) is 15.3. The monoisotopic (exact) mass is 389 g/mol. The molecule has 27 heavy (non-hydrogen) atoms. The Bertz CT molecular complexity index is 1140. The lowest BCUT2D eigenvalue weighted by Crippen LogP contribution is -2.38. The number of amides is 1. The van der Waals surface area contributed by atoms with E-state index < -0.39 is 11.2 Å². The van der Waals surface area contributed by atoms with Gasteiger partial charge in [0, 0.05) is 25.7 Å². The molecule has 0 saturated heterocycles. The van der Waals surface area contributed by atoms with E-state index >= 15 is 0 Å². The van der Waals surface area contributed by atoms with E-state index in [4.69, 9.17) is 11.6 Å². The molecular formula is C18H20ClN5O3. The summed E-state index contributed by atoms with van der Waals surface area (Å²) >= 11 is 6.10. The van der Waals surface area contributed by atoms with Crippen LogP contribution in [-0.2, 0) is 31.9 Å². The number of hydrogen-bond acceptors (Lipinski definition) is 4. The first-order valence-corrected chi connectivity index (χ1v) is 8.80. The molecule has 9 heteroatoms. The standard InChI is InChI=1S/C18H20ClN5O3/c1-11-4-5-12(8-13(11)19)6-7-20-14(25)9-24-10-21-16-15(24)17(26)23(3)18(27)22(16)2/h4-5,8,10H,6-7,9H2,1-3H3,(H,20,25). The van der Waals surface area contributed by atoms with Crippen molar-refractivity contribution in [2.75, 3.05) is 6.54 Å². The zero-order valence-corrected chi connectivity index (χ0v) is 16.1. The van der Waals surface area contributed by atoms with Gasteiger partial charge in [0.1, 0.15) is 6.54 Å². The van der Waals surface area contributed by atoms with Gasteiger partial charge in [-0.1, -0.05) is 23.7 Å². The largest absolute Gasteiger partial charge is 0.354 e. The first-order valence-electron chi connectivity index (χ1n) is 8.42. The summed E-state index contributed by atoms with van der Waals surface area (Å²) in [6, 6.07) is 5.80. The van der Waals surface area contributed by atoms with Crippen LogP contribution in [0.25, 0.3) is 11.2 Å². The minimum atomic E-state index is -0.479. The van der Waals surface area contributed by atoms with Gasteiger partial charge < -0.3 is 9.88 Å². The Morgan fingerprint density at radius 1 is 1.22 bits per heavy atom. The summed E-state index contributed by atoms with van der Waals surface area (Å²) in [6.07, 6.45) is 2.04. The van der Waals surface area contributed by atoms with Gasteiger partial charge in [-0.25, -0.2) is 9.78 Å². The van der Waals surface area contributed by atoms with E-state index in [1.807, 2.05) is 25.1 Å². The van der Waals surface area contributed by atoms with Crippen LogP contribution >= 0.6 is 11.6 Å². The summed E-state index contributed by atoms with van der Waals surface area (Å²) in [6.45, 7) is 2.32. The van der Waals surface area contributed by atoms with Gasteiger partial charge in [-0.15, -0.1) is 0 Å². The van der Waals surface area contributed by atoms with E-state index in [-0.39, 0.29) is 23.6 Å². The highest BCUT2D eigenvalue weighted by Gasteiger charge is 2.15. The fourth-order valence-electron chi connectivity index (χ4n) is 2.87. The molecule has 0 aliphatic rings. The lowest BCUT2D eigenvalue weighted by atomic mass is 10.1. The summed E-state index contributed by atoms with van der Waals surface area (Å²) < 4.78 is 3.74. The Morgan fingerprint density at radius 2 is 1.96 bits per heavy atom. The number of benzene rings is 1. The van der Waals surface area contributed by atoms with E-state index in [1.54, 1.807) is 0 Å². The van der Waals surface area contributed by atoms with Crippen molar-refractivity contribution in [2.45, 2.75) is 19.9 Å². The number of nitrogens with one attached hydrogen (secondary N) is 1. The molecule has 3 aromatic rings. The van der Waals surface area contributed by atoms with E-state index in [2.05, 4.69) is 10.3 Å². The number of aromatic nitrogens is 4. The van der Waals surface area contributed by atoms with Crippen LogP contribution < -0.4 is 16.6 Å². The molecule has 0 spiro atoms. The van der Waals surface area contributed by atoms with Crippen LogP contribution in [0.2, 0.25) is 5.02 Å². The van der Waals surface area contributed by atoms with Crippen molar-refractivity contribution in [2.24, 2.45) is 14.1 Å². The third-order valence-electron chi connectivity index (χ3n) is 4.50. The average molecular weight is 390 g/mol. The normalized spacial score (nSPS) is 11.1. The van der Waals surface area contributed by atoms with E-state index in [0.29, 0.717) is 18.0 Å². The van der Waals surface area contributed by atoms with E-state index in [1.165, 1.54) is 29.6 Å². The Balaban J connectivity index is 1.70. The second-order valence-corrected chi connectivity index (χ2v) is 6.84. The SMILES string of the molecule is Cc1ccc(CCNC(=O)Cn2cnc3c2c(=O)n(C)c(=O)n3C)cc1Cl. The van der Waals surface area contributed by atoms with Crippen molar-refractivity contribution in [3.05, 3.63) is 61.5 Å². The third-order valence-corrected chi connectivity index (χ3v) is 4.91. The number of halogens is 1. The predicted octanol–water partition coefficient (Wildman–Crippen LogP) is 0.754. The lowest BCUT2D eigenvalue weighted by Gasteiger charge is -2.08. The second-order valence-electron chi connectivity index (χ2n) is 6.43. The minimum Gasteiger partial charge on any atom is -0.354 e. The van der Waals surface area contributed by atoms with Gasteiger partial charge in [0.05, 0.1) is 6.33 Å². The molecule has 1 N–H and O–H groups in total. The number of aryl methyl sites for hydroxylation is 2. The van der Waals surface area contributed by atoms with Crippen LogP contribution in [0.4, 0.5) is 0 Å². The van der Waals surface area contributed by atoms with E-state index in [0.717, 1.165) is 15.7 Å². The molecular weight excluding hydrogens is 370 g/mol. The molecule has 0 aliphatic heterocycles. The van der Waals surface area contributed by atoms with Crippen LogP contribution in [0, 0.1) is 6.92 Å². The molecule has 0 bridgehead atoms. The predicted molar refractivity (Wildman–Crippen MR) is 103 cm³/mol. The molecule has 0 fully saturated rings. The van der Waals surface area contributed by atoms with E-state index in [9.17, 15) is 14.4 Å². The maximum absolute atomic E-state index is 12.4. The van der Waals surface area contributed by atoms with Crippen molar-refractivity contribution >= 4 is 28.7 Å². The third kappa shape index (κ3) is 3.66. The molecule has 0 atom stereocenters.